The molecule has 0 spiro atoms. The zero-order chi connectivity index (χ0) is 12.9. The number of pyridine rings is 1. The third-order valence-corrected chi connectivity index (χ3v) is 2.60. The van der Waals surface area contributed by atoms with Gasteiger partial charge in [-0.15, -0.1) is 0 Å². The van der Waals surface area contributed by atoms with Crippen LogP contribution in [0.5, 0.6) is 0 Å². The molecule has 1 heterocycles. The summed E-state index contributed by atoms with van der Waals surface area (Å²) in [6.45, 7) is 11.7. The number of aryl methyl sites for hydroxylation is 1. The molecule has 0 unspecified atom stereocenters. The highest BCUT2D eigenvalue weighted by atomic mass is 14.9. The Morgan fingerprint density at radius 2 is 2.06 bits per heavy atom. The lowest BCUT2D eigenvalue weighted by Crippen LogP contribution is -2.36. The van der Waals surface area contributed by atoms with Crippen molar-refractivity contribution in [2.75, 3.05) is 6.54 Å². The third kappa shape index (κ3) is 5.64. The minimum absolute atomic E-state index is 0.166. The fraction of sp³-hybridized carbons (Fsp3) is 0.533. The average molecular weight is 232 g/mol. The van der Waals surface area contributed by atoms with E-state index in [0.717, 1.165) is 18.7 Å². The highest BCUT2D eigenvalue weighted by Gasteiger charge is 2.08. The molecule has 0 amide bonds. The molecule has 0 atom stereocenters. The molecule has 0 bridgehead atoms. The topological polar surface area (TPSA) is 24.9 Å². The van der Waals surface area contributed by atoms with Crippen LogP contribution in [-0.2, 0) is 0 Å². The SMILES string of the molecule is CC/C(=C/c1ccc(C)nc1)CNC(C)(C)C. The van der Waals surface area contributed by atoms with E-state index in [1.807, 2.05) is 13.1 Å². The summed E-state index contributed by atoms with van der Waals surface area (Å²) in [5, 5.41) is 3.52. The largest absolute Gasteiger partial charge is 0.308 e. The molecule has 1 N–H and O–H groups in total. The van der Waals surface area contributed by atoms with E-state index in [9.17, 15) is 0 Å². The van der Waals surface area contributed by atoms with E-state index < -0.39 is 0 Å². The lowest BCUT2D eigenvalue weighted by Gasteiger charge is -2.21. The van der Waals surface area contributed by atoms with Crippen LogP contribution in [0.3, 0.4) is 0 Å². The molecule has 0 aliphatic rings. The number of nitrogens with zero attached hydrogens (tertiary/aromatic N) is 1. The molecule has 2 heteroatoms. The monoisotopic (exact) mass is 232 g/mol. The summed E-state index contributed by atoms with van der Waals surface area (Å²) < 4.78 is 0. The Morgan fingerprint density at radius 1 is 1.35 bits per heavy atom. The normalized spacial score (nSPS) is 12.9. The van der Waals surface area contributed by atoms with Gasteiger partial charge in [-0.3, -0.25) is 4.98 Å². The van der Waals surface area contributed by atoms with Gasteiger partial charge in [-0.05, 0) is 45.7 Å². The highest BCUT2D eigenvalue weighted by molar-refractivity contribution is 5.52. The molecule has 17 heavy (non-hydrogen) atoms. The van der Waals surface area contributed by atoms with Crippen molar-refractivity contribution < 1.29 is 0 Å². The first-order chi connectivity index (χ1) is 7.90. The van der Waals surface area contributed by atoms with Crippen LogP contribution in [-0.4, -0.2) is 17.1 Å². The maximum atomic E-state index is 4.31. The molecule has 1 rings (SSSR count). The molecule has 0 aliphatic carbocycles. The van der Waals surface area contributed by atoms with Crippen LogP contribution in [0.15, 0.2) is 23.9 Å². The van der Waals surface area contributed by atoms with Crippen LogP contribution in [0.1, 0.15) is 45.4 Å². The van der Waals surface area contributed by atoms with Crippen LogP contribution in [0.2, 0.25) is 0 Å². The summed E-state index contributed by atoms with van der Waals surface area (Å²) in [4.78, 5) is 4.31. The van der Waals surface area contributed by atoms with Gasteiger partial charge in [0, 0.05) is 24.0 Å². The second kappa shape index (κ2) is 5.97. The van der Waals surface area contributed by atoms with E-state index in [1.54, 1.807) is 0 Å². The predicted molar refractivity (Wildman–Crippen MR) is 75.0 cm³/mol. The molecular weight excluding hydrogens is 208 g/mol. The molecule has 94 valence electrons. The van der Waals surface area contributed by atoms with Gasteiger partial charge in [0.05, 0.1) is 0 Å². The minimum atomic E-state index is 0.166. The van der Waals surface area contributed by atoms with Gasteiger partial charge in [0.2, 0.25) is 0 Å². The zero-order valence-electron chi connectivity index (χ0n) is 11.7. The standard InChI is InChI=1S/C15H24N2/c1-6-13(11-17-15(3,4)5)9-14-8-7-12(2)16-10-14/h7-10,17H,6,11H2,1-5H3/b13-9-. The summed E-state index contributed by atoms with van der Waals surface area (Å²) in [6.07, 6.45) is 5.23. The van der Waals surface area contributed by atoms with E-state index in [0.29, 0.717) is 0 Å². The van der Waals surface area contributed by atoms with Crippen LogP contribution in [0.25, 0.3) is 6.08 Å². The second-order valence-electron chi connectivity index (χ2n) is 5.49. The maximum absolute atomic E-state index is 4.31. The first-order valence-corrected chi connectivity index (χ1v) is 6.28. The van der Waals surface area contributed by atoms with Crippen molar-refractivity contribution >= 4 is 6.08 Å². The van der Waals surface area contributed by atoms with Crippen LogP contribution < -0.4 is 5.32 Å². The van der Waals surface area contributed by atoms with Crippen LogP contribution in [0.4, 0.5) is 0 Å². The van der Waals surface area contributed by atoms with Gasteiger partial charge in [-0.2, -0.15) is 0 Å². The fourth-order valence-electron chi connectivity index (χ4n) is 1.46. The smallest absolute Gasteiger partial charge is 0.0373 e. The highest BCUT2D eigenvalue weighted by Crippen LogP contribution is 2.10. The van der Waals surface area contributed by atoms with Crippen molar-refractivity contribution in [1.82, 2.24) is 10.3 Å². The first-order valence-electron chi connectivity index (χ1n) is 6.28. The Balaban J connectivity index is 2.69. The first kappa shape index (κ1) is 13.9. The Labute approximate surface area is 105 Å². The van der Waals surface area contributed by atoms with E-state index in [4.69, 9.17) is 0 Å². The summed E-state index contributed by atoms with van der Waals surface area (Å²) in [7, 11) is 0. The van der Waals surface area contributed by atoms with E-state index in [-0.39, 0.29) is 5.54 Å². The number of hydrogen-bond donors (Lipinski definition) is 1. The number of aromatic nitrogens is 1. The average Bonchev–Trinajstić information content (AvgIpc) is 2.25. The Kier molecular flexibility index (Phi) is 4.88. The zero-order valence-corrected chi connectivity index (χ0v) is 11.7. The molecular formula is C15H24N2. The quantitative estimate of drug-likeness (QED) is 0.858. The molecule has 0 fully saturated rings. The van der Waals surface area contributed by atoms with Gasteiger partial charge in [-0.25, -0.2) is 0 Å². The van der Waals surface area contributed by atoms with Crippen molar-refractivity contribution in [3.63, 3.8) is 0 Å². The summed E-state index contributed by atoms with van der Waals surface area (Å²) in [6, 6.07) is 4.17. The predicted octanol–water partition coefficient (Wildman–Crippen LogP) is 3.57. The molecule has 2 nitrogen and oxygen atoms in total. The molecule has 0 saturated heterocycles. The van der Waals surface area contributed by atoms with Crippen molar-refractivity contribution in [3.8, 4) is 0 Å². The van der Waals surface area contributed by atoms with Crippen molar-refractivity contribution in [1.29, 1.82) is 0 Å². The summed E-state index contributed by atoms with van der Waals surface area (Å²) >= 11 is 0. The van der Waals surface area contributed by atoms with Crippen molar-refractivity contribution in [2.45, 2.75) is 46.6 Å². The summed E-state index contributed by atoms with van der Waals surface area (Å²) in [5.74, 6) is 0. The van der Waals surface area contributed by atoms with Crippen LogP contribution in [0, 0.1) is 6.92 Å². The van der Waals surface area contributed by atoms with Gasteiger partial charge in [0.1, 0.15) is 0 Å². The Bertz CT molecular complexity index is 369. The molecule has 0 radical (unpaired) electrons. The molecule has 0 saturated carbocycles. The fourth-order valence-corrected chi connectivity index (χ4v) is 1.46. The van der Waals surface area contributed by atoms with Gasteiger partial charge < -0.3 is 5.32 Å². The van der Waals surface area contributed by atoms with E-state index in [2.05, 4.69) is 56.2 Å². The Morgan fingerprint density at radius 3 is 2.53 bits per heavy atom. The maximum Gasteiger partial charge on any atom is 0.0373 e. The van der Waals surface area contributed by atoms with Gasteiger partial charge in [0.25, 0.3) is 0 Å². The third-order valence-electron chi connectivity index (χ3n) is 2.60. The second-order valence-corrected chi connectivity index (χ2v) is 5.49. The van der Waals surface area contributed by atoms with Gasteiger partial charge in [0.15, 0.2) is 0 Å². The Hall–Kier alpha value is -1.15. The molecule has 0 aromatic carbocycles. The number of hydrogen-bond acceptors (Lipinski definition) is 2. The van der Waals surface area contributed by atoms with Gasteiger partial charge in [-0.1, -0.05) is 24.6 Å². The van der Waals surface area contributed by atoms with E-state index >= 15 is 0 Å². The summed E-state index contributed by atoms with van der Waals surface area (Å²) in [5.41, 5.74) is 3.82. The van der Waals surface area contributed by atoms with E-state index in [1.165, 1.54) is 11.1 Å². The van der Waals surface area contributed by atoms with Crippen molar-refractivity contribution in [2.24, 2.45) is 0 Å². The lowest BCUT2D eigenvalue weighted by atomic mass is 10.1. The van der Waals surface area contributed by atoms with Crippen molar-refractivity contribution in [3.05, 3.63) is 35.2 Å². The van der Waals surface area contributed by atoms with Gasteiger partial charge >= 0.3 is 0 Å². The number of nitrogens with one attached hydrogen (secondary N) is 1. The molecule has 1 aromatic heterocycles. The minimum Gasteiger partial charge on any atom is -0.308 e. The molecule has 1 aromatic rings. The van der Waals surface area contributed by atoms with Crippen LogP contribution >= 0.6 is 0 Å². The molecule has 0 aliphatic heterocycles. The lowest BCUT2D eigenvalue weighted by molar-refractivity contribution is 0.443. The number of rotatable bonds is 4.